The van der Waals surface area contributed by atoms with Crippen molar-refractivity contribution in [2.45, 2.75) is 52.6 Å². The van der Waals surface area contributed by atoms with Crippen molar-refractivity contribution in [2.24, 2.45) is 0 Å². The van der Waals surface area contributed by atoms with Crippen molar-refractivity contribution in [1.82, 2.24) is 14.9 Å². The van der Waals surface area contributed by atoms with Crippen molar-refractivity contribution in [3.05, 3.63) is 95.2 Å². The monoisotopic (exact) mass is 414 g/mol. The zero-order valence-electron chi connectivity index (χ0n) is 18.9. The van der Waals surface area contributed by atoms with E-state index in [-0.39, 0.29) is 17.5 Å². The number of benzene rings is 1. The summed E-state index contributed by atoms with van der Waals surface area (Å²) in [5, 5.41) is 3.18. The van der Waals surface area contributed by atoms with Crippen molar-refractivity contribution >= 4 is 11.7 Å². The van der Waals surface area contributed by atoms with Crippen LogP contribution in [-0.2, 0) is 12.0 Å². The molecule has 1 atom stereocenters. The molecule has 5 nitrogen and oxygen atoms in total. The highest BCUT2D eigenvalue weighted by atomic mass is 16.1. The first-order valence-electron chi connectivity index (χ1n) is 10.7. The lowest BCUT2D eigenvalue weighted by Gasteiger charge is -2.39. The summed E-state index contributed by atoms with van der Waals surface area (Å²) in [5.41, 5.74) is 4.03. The van der Waals surface area contributed by atoms with E-state index in [1.54, 1.807) is 6.20 Å². The largest absolute Gasteiger partial charge is 0.329 e. The topological polar surface area (TPSA) is 50.2 Å². The van der Waals surface area contributed by atoms with Gasteiger partial charge in [0, 0.05) is 29.7 Å². The second kappa shape index (κ2) is 8.06. The minimum atomic E-state index is -0.105. The number of rotatable bonds is 4. The molecule has 1 amide bonds. The number of hydrogen-bond acceptors (Lipinski definition) is 3. The van der Waals surface area contributed by atoms with E-state index in [0.717, 1.165) is 29.2 Å². The van der Waals surface area contributed by atoms with Gasteiger partial charge in [0.15, 0.2) is 0 Å². The molecule has 1 aromatic carbocycles. The second-order valence-electron chi connectivity index (χ2n) is 9.15. The third kappa shape index (κ3) is 4.13. The Kier molecular flexibility index (Phi) is 5.44. The molecule has 1 aliphatic heterocycles. The Hall–Kier alpha value is -3.34. The van der Waals surface area contributed by atoms with Gasteiger partial charge in [-0.1, -0.05) is 23.8 Å². The van der Waals surface area contributed by atoms with E-state index in [2.05, 4.69) is 71.9 Å². The molecule has 0 saturated heterocycles. The lowest BCUT2D eigenvalue weighted by molar-refractivity contribution is 0.0964. The molecule has 5 heteroatoms. The van der Waals surface area contributed by atoms with E-state index in [1.165, 1.54) is 5.56 Å². The Bertz CT molecular complexity index is 1100. The number of carbonyl (C=O) groups excluding carboxylic acids is 1. The number of aromatic nitrogens is 2. The molecular formula is C26H30N4O. The molecule has 3 heterocycles. The van der Waals surface area contributed by atoms with Gasteiger partial charge in [-0.15, -0.1) is 0 Å². The number of nitrogens with zero attached hydrogens (tertiary/aromatic N) is 3. The first kappa shape index (κ1) is 20.9. The zero-order valence-corrected chi connectivity index (χ0v) is 18.9. The molecule has 1 aliphatic rings. The number of amides is 1. The van der Waals surface area contributed by atoms with Crippen LogP contribution in [0.25, 0.3) is 0 Å². The molecule has 0 fully saturated rings. The number of pyridine rings is 1. The van der Waals surface area contributed by atoms with Crippen molar-refractivity contribution in [3.63, 3.8) is 0 Å². The van der Waals surface area contributed by atoms with Gasteiger partial charge in [0.1, 0.15) is 11.6 Å². The molecule has 31 heavy (non-hydrogen) atoms. The first-order valence-corrected chi connectivity index (χ1v) is 10.7. The summed E-state index contributed by atoms with van der Waals surface area (Å²) >= 11 is 0. The maximum absolute atomic E-state index is 13.1. The highest BCUT2D eigenvalue weighted by molar-refractivity contribution is 5.95. The summed E-state index contributed by atoms with van der Waals surface area (Å²) in [5.74, 6) is 1.82. The van der Waals surface area contributed by atoms with Crippen LogP contribution in [0.2, 0.25) is 0 Å². The van der Waals surface area contributed by atoms with Crippen LogP contribution >= 0.6 is 0 Å². The summed E-state index contributed by atoms with van der Waals surface area (Å²) in [7, 11) is 0. The minimum absolute atomic E-state index is 0.00619. The molecule has 1 unspecified atom stereocenters. The second-order valence-corrected chi connectivity index (χ2v) is 9.15. The van der Waals surface area contributed by atoms with E-state index in [1.807, 2.05) is 43.5 Å². The van der Waals surface area contributed by atoms with Crippen LogP contribution in [0.5, 0.6) is 0 Å². The summed E-state index contributed by atoms with van der Waals surface area (Å²) in [6.07, 6.45) is 8.70. The Balaban J connectivity index is 1.75. The summed E-state index contributed by atoms with van der Waals surface area (Å²) in [4.78, 5) is 19.6. The Labute approximate surface area is 184 Å². The van der Waals surface area contributed by atoms with Crippen molar-refractivity contribution in [2.75, 3.05) is 4.90 Å². The van der Waals surface area contributed by atoms with Crippen molar-refractivity contribution in [1.29, 1.82) is 0 Å². The van der Waals surface area contributed by atoms with Crippen LogP contribution < -0.4 is 10.2 Å². The standard InChI is InChI=1S/C26H30N4O/c1-18-8-10-20(11-9-18)24(31)28-23-13-12-21-14-16-29(26(3,4)5)25(21)30(23)19(2)22-7-6-15-27-17-22/h6-11,13-17,19H,12H2,1-5H3,(H,28,31). The van der Waals surface area contributed by atoms with Gasteiger partial charge < -0.3 is 14.8 Å². The van der Waals surface area contributed by atoms with Crippen LogP contribution in [0.15, 0.2) is 73.0 Å². The predicted molar refractivity (Wildman–Crippen MR) is 125 cm³/mol. The number of anilines is 1. The van der Waals surface area contributed by atoms with Gasteiger partial charge >= 0.3 is 0 Å². The number of carbonyl (C=O) groups is 1. The van der Waals surface area contributed by atoms with Gasteiger partial charge in [0.2, 0.25) is 0 Å². The van der Waals surface area contributed by atoms with E-state index >= 15 is 0 Å². The minimum Gasteiger partial charge on any atom is -0.329 e. The molecule has 0 bridgehead atoms. The number of hydrogen-bond donors (Lipinski definition) is 1. The Morgan fingerprint density at radius 1 is 1.13 bits per heavy atom. The van der Waals surface area contributed by atoms with Crippen LogP contribution in [0.4, 0.5) is 5.82 Å². The molecule has 1 N–H and O–H groups in total. The third-order valence-corrected chi connectivity index (χ3v) is 5.78. The van der Waals surface area contributed by atoms with Gasteiger partial charge in [-0.2, -0.15) is 0 Å². The molecule has 2 aromatic heterocycles. The fourth-order valence-corrected chi connectivity index (χ4v) is 4.02. The molecule has 0 radical (unpaired) electrons. The van der Waals surface area contributed by atoms with E-state index < -0.39 is 0 Å². The highest BCUT2D eigenvalue weighted by Crippen LogP contribution is 2.39. The molecule has 160 valence electrons. The first-order chi connectivity index (χ1) is 14.8. The summed E-state index contributed by atoms with van der Waals surface area (Å²) in [6, 6.07) is 13.9. The molecule has 4 rings (SSSR count). The van der Waals surface area contributed by atoms with Gasteiger partial charge in [0.25, 0.3) is 5.91 Å². The van der Waals surface area contributed by atoms with Gasteiger partial charge in [-0.05, 0) is 82.5 Å². The van der Waals surface area contributed by atoms with Crippen LogP contribution in [-0.4, -0.2) is 15.5 Å². The van der Waals surface area contributed by atoms with E-state index in [4.69, 9.17) is 0 Å². The lowest BCUT2D eigenvalue weighted by Crippen LogP contribution is -2.41. The van der Waals surface area contributed by atoms with Crippen LogP contribution in [0, 0.1) is 6.92 Å². The third-order valence-electron chi connectivity index (χ3n) is 5.78. The normalized spacial score (nSPS) is 14.6. The summed E-state index contributed by atoms with van der Waals surface area (Å²) in [6.45, 7) is 10.8. The Morgan fingerprint density at radius 3 is 2.52 bits per heavy atom. The van der Waals surface area contributed by atoms with Gasteiger partial charge in [-0.3, -0.25) is 9.78 Å². The average Bonchev–Trinajstić information content (AvgIpc) is 3.19. The van der Waals surface area contributed by atoms with Crippen molar-refractivity contribution in [3.8, 4) is 0 Å². The molecule has 3 aromatic rings. The summed E-state index contributed by atoms with van der Waals surface area (Å²) < 4.78 is 2.29. The van der Waals surface area contributed by atoms with Crippen LogP contribution in [0.3, 0.4) is 0 Å². The molecule has 0 aliphatic carbocycles. The van der Waals surface area contributed by atoms with E-state index in [9.17, 15) is 4.79 Å². The molecule has 0 spiro atoms. The fraction of sp³-hybridized carbons (Fsp3) is 0.308. The molecular weight excluding hydrogens is 384 g/mol. The predicted octanol–water partition coefficient (Wildman–Crippen LogP) is 5.34. The van der Waals surface area contributed by atoms with Crippen molar-refractivity contribution < 1.29 is 4.79 Å². The smallest absolute Gasteiger partial charge is 0.256 e. The number of aryl methyl sites for hydroxylation is 1. The molecule has 0 saturated carbocycles. The number of allylic oxidation sites excluding steroid dienone is 1. The van der Waals surface area contributed by atoms with Gasteiger partial charge in [0.05, 0.1) is 6.04 Å². The number of fused-ring (bicyclic) bond motifs is 1. The average molecular weight is 415 g/mol. The maximum atomic E-state index is 13.1. The Morgan fingerprint density at radius 2 is 1.87 bits per heavy atom. The lowest BCUT2D eigenvalue weighted by atomic mass is 10.0. The fourth-order valence-electron chi connectivity index (χ4n) is 4.02. The van der Waals surface area contributed by atoms with E-state index in [0.29, 0.717) is 5.56 Å². The zero-order chi connectivity index (χ0) is 22.2. The SMILES string of the molecule is Cc1ccc(C(=O)NC2=CCc3ccn(C(C)(C)C)c3N2C(C)c2cccnc2)cc1. The number of nitrogens with one attached hydrogen (secondary N) is 1. The van der Waals surface area contributed by atoms with Gasteiger partial charge in [-0.25, -0.2) is 0 Å². The highest BCUT2D eigenvalue weighted by Gasteiger charge is 2.32. The quantitative estimate of drug-likeness (QED) is 0.627. The van der Waals surface area contributed by atoms with Crippen LogP contribution in [0.1, 0.15) is 60.8 Å². The maximum Gasteiger partial charge on any atom is 0.256 e.